The Bertz CT molecular complexity index is 746. The molecule has 6 heteroatoms. The van der Waals surface area contributed by atoms with E-state index in [-0.39, 0.29) is 5.91 Å². The highest BCUT2D eigenvalue weighted by atomic mass is 16.4. The zero-order valence-corrected chi connectivity index (χ0v) is 16.3. The first-order valence-corrected chi connectivity index (χ1v) is 10.3. The van der Waals surface area contributed by atoms with Gasteiger partial charge in [0.1, 0.15) is 5.76 Å². The van der Waals surface area contributed by atoms with Crippen molar-refractivity contribution in [3.05, 3.63) is 41.9 Å². The van der Waals surface area contributed by atoms with Gasteiger partial charge in [0.25, 0.3) is 5.91 Å². The van der Waals surface area contributed by atoms with Crippen molar-refractivity contribution in [2.45, 2.75) is 52.1 Å². The predicted octanol–water partition coefficient (Wildman–Crippen LogP) is 3.19. The van der Waals surface area contributed by atoms with Crippen LogP contribution in [0, 0.1) is 5.92 Å². The molecule has 0 aromatic carbocycles. The van der Waals surface area contributed by atoms with Crippen molar-refractivity contribution in [3.8, 4) is 0 Å². The molecule has 2 aromatic heterocycles. The van der Waals surface area contributed by atoms with E-state index < -0.39 is 0 Å². The summed E-state index contributed by atoms with van der Waals surface area (Å²) in [7, 11) is 0. The molecule has 2 aliphatic rings. The fraction of sp³-hybridized carbons (Fsp3) is 0.619. The summed E-state index contributed by atoms with van der Waals surface area (Å²) in [5.41, 5.74) is 1.19. The first-order valence-electron chi connectivity index (χ1n) is 10.3. The zero-order chi connectivity index (χ0) is 18.6. The van der Waals surface area contributed by atoms with Gasteiger partial charge in [-0.3, -0.25) is 9.69 Å². The lowest BCUT2D eigenvalue weighted by Crippen LogP contribution is -2.40. The van der Waals surface area contributed by atoms with Crippen molar-refractivity contribution in [2.75, 3.05) is 26.2 Å². The van der Waals surface area contributed by atoms with Gasteiger partial charge in [0.2, 0.25) is 0 Å². The van der Waals surface area contributed by atoms with Gasteiger partial charge in [0, 0.05) is 50.6 Å². The summed E-state index contributed by atoms with van der Waals surface area (Å²) in [5, 5.41) is 0. The van der Waals surface area contributed by atoms with E-state index in [9.17, 15) is 4.79 Å². The third-order valence-electron chi connectivity index (χ3n) is 5.86. The van der Waals surface area contributed by atoms with Crippen molar-refractivity contribution < 1.29 is 9.21 Å². The third kappa shape index (κ3) is 4.26. The first-order chi connectivity index (χ1) is 13.2. The highest BCUT2D eigenvalue weighted by Gasteiger charge is 2.28. The highest BCUT2D eigenvalue weighted by Crippen LogP contribution is 2.24. The number of amides is 1. The summed E-state index contributed by atoms with van der Waals surface area (Å²) in [6.45, 7) is 7.84. The van der Waals surface area contributed by atoms with Gasteiger partial charge >= 0.3 is 0 Å². The van der Waals surface area contributed by atoms with Crippen LogP contribution in [0.2, 0.25) is 0 Å². The summed E-state index contributed by atoms with van der Waals surface area (Å²) >= 11 is 0. The van der Waals surface area contributed by atoms with Gasteiger partial charge in [-0.1, -0.05) is 6.92 Å². The van der Waals surface area contributed by atoms with E-state index in [0.29, 0.717) is 11.7 Å². The number of rotatable bonds is 6. The molecular formula is C21H30N4O2. The maximum Gasteiger partial charge on any atom is 0.289 e. The fourth-order valence-electron chi connectivity index (χ4n) is 4.43. The lowest BCUT2D eigenvalue weighted by molar-refractivity contribution is 0.0628. The number of nitrogens with zero attached hydrogens (tertiary/aromatic N) is 4. The minimum Gasteiger partial charge on any atom is -0.456 e. The molecule has 0 unspecified atom stereocenters. The van der Waals surface area contributed by atoms with E-state index >= 15 is 0 Å². The van der Waals surface area contributed by atoms with Crippen LogP contribution in [0.3, 0.4) is 0 Å². The van der Waals surface area contributed by atoms with Gasteiger partial charge in [-0.15, -0.1) is 0 Å². The average molecular weight is 370 g/mol. The number of likely N-dealkylation sites (tertiary alicyclic amines) is 2. The number of aromatic nitrogens is 2. The summed E-state index contributed by atoms with van der Waals surface area (Å²) in [6.07, 6.45) is 11.2. The van der Waals surface area contributed by atoms with Crippen LogP contribution in [0.15, 0.2) is 29.2 Å². The molecule has 2 aliphatic heterocycles. The molecule has 0 aliphatic carbocycles. The van der Waals surface area contributed by atoms with E-state index in [1.165, 1.54) is 18.4 Å². The number of carbonyl (C=O) groups excluding carboxylic acids is 1. The molecule has 0 radical (unpaired) electrons. The Morgan fingerprint density at radius 3 is 2.85 bits per heavy atom. The Kier molecular flexibility index (Phi) is 5.62. The normalized spacial score (nSPS) is 21.1. The SMILES string of the molecule is CCc1oc(C(=O)N2CCC[C@H](Cn3ccnc3)C2)cc1CN1CCCC1. The zero-order valence-electron chi connectivity index (χ0n) is 16.3. The van der Waals surface area contributed by atoms with E-state index in [0.717, 1.165) is 64.3 Å². The maximum atomic E-state index is 13.1. The second-order valence-electron chi connectivity index (χ2n) is 7.91. The first kappa shape index (κ1) is 18.3. The maximum absolute atomic E-state index is 13.1. The molecule has 146 valence electrons. The number of hydrogen-bond donors (Lipinski definition) is 0. The van der Waals surface area contributed by atoms with Gasteiger partial charge in [-0.05, 0) is 50.8 Å². The number of piperidine rings is 1. The monoisotopic (exact) mass is 370 g/mol. The van der Waals surface area contributed by atoms with E-state index in [1.807, 2.05) is 29.7 Å². The second-order valence-corrected chi connectivity index (χ2v) is 7.91. The van der Waals surface area contributed by atoms with Gasteiger partial charge in [0.05, 0.1) is 6.33 Å². The van der Waals surface area contributed by atoms with Crippen LogP contribution in [-0.2, 0) is 19.5 Å². The standard InChI is InChI=1S/C21H30N4O2/c1-2-19-18(15-23-8-3-4-9-23)12-20(27-19)21(26)25-10-5-6-17(14-25)13-24-11-7-22-16-24/h7,11-12,16-17H,2-6,8-10,13-15H2,1H3/t17-/m1/s1. The summed E-state index contributed by atoms with van der Waals surface area (Å²) in [5.74, 6) is 2.01. The smallest absolute Gasteiger partial charge is 0.289 e. The number of hydrogen-bond acceptors (Lipinski definition) is 4. The van der Waals surface area contributed by atoms with Gasteiger partial charge < -0.3 is 13.9 Å². The molecule has 1 amide bonds. The van der Waals surface area contributed by atoms with E-state index in [4.69, 9.17) is 4.42 Å². The third-order valence-corrected chi connectivity index (χ3v) is 5.86. The van der Waals surface area contributed by atoms with Crippen molar-refractivity contribution in [1.82, 2.24) is 19.4 Å². The molecule has 6 nitrogen and oxygen atoms in total. The highest BCUT2D eigenvalue weighted by molar-refractivity contribution is 5.91. The second kappa shape index (κ2) is 8.30. The molecule has 0 bridgehead atoms. The minimum absolute atomic E-state index is 0.0488. The minimum atomic E-state index is 0.0488. The largest absolute Gasteiger partial charge is 0.456 e. The molecule has 2 fully saturated rings. The summed E-state index contributed by atoms with van der Waals surface area (Å²) < 4.78 is 8.10. The van der Waals surface area contributed by atoms with Crippen LogP contribution in [-0.4, -0.2) is 51.4 Å². The lowest BCUT2D eigenvalue weighted by atomic mass is 9.97. The fourth-order valence-corrected chi connectivity index (χ4v) is 4.43. The summed E-state index contributed by atoms with van der Waals surface area (Å²) in [6, 6.07) is 2.00. The Hall–Kier alpha value is -2.08. The van der Waals surface area contributed by atoms with E-state index in [1.54, 1.807) is 0 Å². The number of aryl methyl sites for hydroxylation is 1. The van der Waals surface area contributed by atoms with E-state index in [2.05, 4.69) is 21.4 Å². The van der Waals surface area contributed by atoms with Crippen molar-refractivity contribution >= 4 is 5.91 Å². The van der Waals surface area contributed by atoms with Crippen LogP contribution in [0.5, 0.6) is 0 Å². The molecular weight excluding hydrogens is 340 g/mol. The Morgan fingerprint density at radius 1 is 1.26 bits per heavy atom. The Labute approximate surface area is 161 Å². The molecule has 4 heterocycles. The average Bonchev–Trinajstić information content (AvgIpc) is 3.44. The van der Waals surface area contributed by atoms with Crippen molar-refractivity contribution in [1.29, 1.82) is 0 Å². The molecule has 2 aromatic rings. The number of imidazole rings is 1. The molecule has 4 rings (SSSR count). The van der Waals surface area contributed by atoms with Crippen LogP contribution < -0.4 is 0 Å². The molecule has 0 spiro atoms. The van der Waals surface area contributed by atoms with Gasteiger partial charge in [0.15, 0.2) is 5.76 Å². The lowest BCUT2D eigenvalue weighted by Gasteiger charge is -2.32. The predicted molar refractivity (Wildman–Crippen MR) is 103 cm³/mol. The molecule has 27 heavy (non-hydrogen) atoms. The molecule has 1 atom stereocenters. The van der Waals surface area contributed by atoms with Crippen LogP contribution in [0.1, 0.15) is 54.5 Å². The van der Waals surface area contributed by atoms with Gasteiger partial charge in [-0.25, -0.2) is 4.98 Å². The number of furan rings is 1. The van der Waals surface area contributed by atoms with Crippen LogP contribution >= 0.6 is 0 Å². The van der Waals surface area contributed by atoms with Crippen LogP contribution in [0.4, 0.5) is 0 Å². The van der Waals surface area contributed by atoms with Crippen molar-refractivity contribution in [3.63, 3.8) is 0 Å². The Balaban J connectivity index is 1.42. The molecule has 2 saturated heterocycles. The van der Waals surface area contributed by atoms with Crippen molar-refractivity contribution in [2.24, 2.45) is 5.92 Å². The molecule has 0 saturated carbocycles. The topological polar surface area (TPSA) is 54.5 Å². The quantitative estimate of drug-likeness (QED) is 0.784. The Morgan fingerprint density at radius 2 is 2.11 bits per heavy atom. The summed E-state index contributed by atoms with van der Waals surface area (Å²) in [4.78, 5) is 21.6. The van der Waals surface area contributed by atoms with Crippen LogP contribution in [0.25, 0.3) is 0 Å². The van der Waals surface area contributed by atoms with Gasteiger partial charge in [-0.2, -0.15) is 0 Å². The number of carbonyl (C=O) groups is 1. The molecule has 0 N–H and O–H groups in total.